The number of pyridine rings is 2. The Bertz CT molecular complexity index is 1030. The molecule has 0 spiro atoms. The SMILES string of the molecule is Cc1nnc(CN2C[C@@H]3C[C@H](C2)c2cc(-c4ccccn4)cc(=O)n2C3)s1. The standard InChI is InChI=1S/C20H21N5OS/c1-13-22-23-19(27-13)12-24-9-14-6-16(11-24)18-7-15(8-20(26)25(18)10-14)17-4-2-3-5-21-17/h2-5,7-8,14,16H,6,9-12H2,1H3/t14-,16+/m0/s1. The molecule has 138 valence electrons. The molecular weight excluding hydrogens is 358 g/mol. The van der Waals surface area contributed by atoms with Gasteiger partial charge in [0.2, 0.25) is 0 Å². The molecule has 3 aromatic heterocycles. The molecule has 2 bridgehead atoms. The summed E-state index contributed by atoms with van der Waals surface area (Å²) in [6.07, 6.45) is 2.92. The molecule has 3 aromatic rings. The molecule has 0 radical (unpaired) electrons. The van der Waals surface area contributed by atoms with E-state index in [2.05, 4.69) is 26.1 Å². The summed E-state index contributed by atoms with van der Waals surface area (Å²) in [5, 5.41) is 10.5. The van der Waals surface area contributed by atoms with E-state index in [0.717, 1.165) is 59.6 Å². The molecular formula is C20H21N5OS. The second-order valence-corrected chi connectivity index (χ2v) is 8.81. The van der Waals surface area contributed by atoms with Crippen LogP contribution in [0.1, 0.15) is 28.0 Å². The molecule has 1 fully saturated rings. The summed E-state index contributed by atoms with van der Waals surface area (Å²) in [5.41, 5.74) is 3.02. The van der Waals surface area contributed by atoms with Crippen molar-refractivity contribution < 1.29 is 0 Å². The van der Waals surface area contributed by atoms with Crippen LogP contribution in [-0.2, 0) is 13.1 Å². The first-order valence-electron chi connectivity index (χ1n) is 9.33. The number of likely N-dealkylation sites (tertiary alicyclic amines) is 1. The minimum atomic E-state index is 0.0936. The van der Waals surface area contributed by atoms with Crippen LogP contribution in [0.15, 0.2) is 41.3 Å². The van der Waals surface area contributed by atoms with Gasteiger partial charge in [0.1, 0.15) is 10.0 Å². The molecule has 6 nitrogen and oxygen atoms in total. The fourth-order valence-corrected chi connectivity index (χ4v) is 5.21. The fourth-order valence-electron chi connectivity index (χ4n) is 4.46. The minimum Gasteiger partial charge on any atom is -0.312 e. The molecule has 27 heavy (non-hydrogen) atoms. The van der Waals surface area contributed by atoms with Gasteiger partial charge in [-0.05, 0) is 37.5 Å². The van der Waals surface area contributed by atoms with Crippen LogP contribution in [0.5, 0.6) is 0 Å². The quantitative estimate of drug-likeness (QED) is 0.700. The van der Waals surface area contributed by atoms with Crippen LogP contribution in [0.25, 0.3) is 11.3 Å². The highest BCUT2D eigenvalue weighted by Crippen LogP contribution is 2.36. The van der Waals surface area contributed by atoms with E-state index >= 15 is 0 Å². The van der Waals surface area contributed by atoms with E-state index in [1.807, 2.05) is 29.7 Å². The normalized spacial score (nSPS) is 21.8. The minimum absolute atomic E-state index is 0.0936. The first-order chi connectivity index (χ1) is 13.2. The van der Waals surface area contributed by atoms with Crippen molar-refractivity contribution in [2.75, 3.05) is 13.1 Å². The van der Waals surface area contributed by atoms with Gasteiger partial charge in [-0.3, -0.25) is 14.7 Å². The maximum atomic E-state index is 12.8. The van der Waals surface area contributed by atoms with Crippen LogP contribution in [0.4, 0.5) is 0 Å². The molecule has 5 rings (SSSR count). The van der Waals surface area contributed by atoms with Crippen molar-refractivity contribution >= 4 is 11.3 Å². The zero-order chi connectivity index (χ0) is 18.4. The average Bonchev–Trinajstić information content (AvgIpc) is 3.08. The Balaban J connectivity index is 1.46. The lowest BCUT2D eigenvalue weighted by molar-refractivity contribution is 0.114. The molecule has 0 aromatic carbocycles. The lowest BCUT2D eigenvalue weighted by atomic mass is 9.82. The number of piperidine rings is 1. The smallest absolute Gasteiger partial charge is 0.251 e. The van der Waals surface area contributed by atoms with Crippen molar-refractivity contribution in [3.8, 4) is 11.3 Å². The van der Waals surface area contributed by atoms with E-state index in [1.165, 1.54) is 0 Å². The molecule has 0 saturated carbocycles. The van der Waals surface area contributed by atoms with E-state index in [0.29, 0.717) is 11.8 Å². The lowest BCUT2D eigenvalue weighted by Crippen LogP contribution is -2.46. The van der Waals surface area contributed by atoms with Gasteiger partial charge in [-0.15, -0.1) is 21.5 Å². The third-order valence-electron chi connectivity index (χ3n) is 5.52. The Morgan fingerprint density at radius 2 is 2.11 bits per heavy atom. The van der Waals surface area contributed by atoms with Crippen LogP contribution in [0, 0.1) is 12.8 Å². The number of nitrogens with zero attached hydrogens (tertiary/aromatic N) is 5. The Labute approximate surface area is 161 Å². The largest absolute Gasteiger partial charge is 0.312 e. The monoisotopic (exact) mass is 379 g/mol. The predicted molar refractivity (Wildman–Crippen MR) is 105 cm³/mol. The van der Waals surface area contributed by atoms with Crippen molar-refractivity contribution in [3.05, 3.63) is 62.6 Å². The van der Waals surface area contributed by atoms with Crippen LogP contribution >= 0.6 is 11.3 Å². The Hall–Kier alpha value is -2.38. The van der Waals surface area contributed by atoms with Crippen molar-refractivity contribution in [1.29, 1.82) is 0 Å². The van der Waals surface area contributed by atoms with Crippen molar-refractivity contribution in [2.45, 2.75) is 32.4 Å². The van der Waals surface area contributed by atoms with Gasteiger partial charge in [0.05, 0.1) is 12.2 Å². The molecule has 1 saturated heterocycles. The van der Waals surface area contributed by atoms with Crippen molar-refractivity contribution in [1.82, 2.24) is 24.6 Å². The predicted octanol–water partition coefficient (Wildman–Crippen LogP) is 2.69. The van der Waals surface area contributed by atoms with E-state index in [4.69, 9.17) is 0 Å². The van der Waals surface area contributed by atoms with Gasteiger partial charge >= 0.3 is 0 Å². The first kappa shape index (κ1) is 16.8. The van der Waals surface area contributed by atoms with Gasteiger partial charge in [0.25, 0.3) is 5.56 Å². The molecule has 0 aliphatic carbocycles. The number of aryl methyl sites for hydroxylation is 1. The van der Waals surface area contributed by atoms with Gasteiger partial charge in [-0.25, -0.2) is 0 Å². The third kappa shape index (κ3) is 3.21. The summed E-state index contributed by atoms with van der Waals surface area (Å²) in [6.45, 7) is 5.62. The zero-order valence-electron chi connectivity index (χ0n) is 15.2. The Morgan fingerprint density at radius 3 is 2.89 bits per heavy atom. The number of rotatable bonds is 3. The molecule has 2 atom stereocenters. The average molecular weight is 379 g/mol. The summed E-state index contributed by atoms with van der Waals surface area (Å²) in [6, 6.07) is 9.72. The van der Waals surface area contributed by atoms with Crippen molar-refractivity contribution in [2.24, 2.45) is 5.92 Å². The molecule has 0 unspecified atom stereocenters. The third-order valence-corrected chi connectivity index (χ3v) is 6.34. The highest BCUT2D eigenvalue weighted by molar-refractivity contribution is 7.11. The summed E-state index contributed by atoms with van der Waals surface area (Å²) in [5.74, 6) is 0.895. The summed E-state index contributed by atoms with van der Waals surface area (Å²) < 4.78 is 1.98. The van der Waals surface area contributed by atoms with Gasteiger partial charge in [0, 0.05) is 49.1 Å². The number of hydrogen-bond acceptors (Lipinski definition) is 6. The topological polar surface area (TPSA) is 63.9 Å². The molecule has 2 aliphatic heterocycles. The van der Waals surface area contributed by atoms with Crippen LogP contribution in [0.2, 0.25) is 0 Å². The first-order valence-corrected chi connectivity index (χ1v) is 10.1. The highest BCUT2D eigenvalue weighted by Gasteiger charge is 2.35. The maximum absolute atomic E-state index is 12.8. The summed E-state index contributed by atoms with van der Waals surface area (Å²) >= 11 is 1.67. The molecule has 7 heteroatoms. The van der Waals surface area contributed by atoms with Crippen LogP contribution in [-0.4, -0.2) is 37.7 Å². The Morgan fingerprint density at radius 1 is 1.19 bits per heavy atom. The van der Waals surface area contributed by atoms with E-state index in [1.54, 1.807) is 23.6 Å². The summed E-state index contributed by atoms with van der Waals surface area (Å²) in [4.78, 5) is 19.7. The zero-order valence-corrected chi connectivity index (χ0v) is 16.0. The van der Waals surface area contributed by atoms with Crippen molar-refractivity contribution in [3.63, 3.8) is 0 Å². The highest BCUT2D eigenvalue weighted by atomic mass is 32.1. The van der Waals surface area contributed by atoms with Gasteiger partial charge in [0.15, 0.2) is 0 Å². The van der Waals surface area contributed by atoms with E-state index in [-0.39, 0.29) is 5.56 Å². The number of aromatic nitrogens is 4. The molecule has 5 heterocycles. The van der Waals surface area contributed by atoms with Gasteiger partial charge in [-0.2, -0.15) is 0 Å². The lowest BCUT2D eigenvalue weighted by Gasteiger charge is -2.42. The van der Waals surface area contributed by atoms with Crippen LogP contribution < -0.4 is 5.56 Å². The molecule has 2 aliphatic rings. The van der Waals surface area contributed by atoms with E-state index < -0.39 is 0 Å². The van der Waals surface area contributed by atoms with Crippen LogP contribution in [0.3, 0.4) is 0 Å². The fraction of sp³-hybridized carbons (Fsp3) is 0.400. The second-order valence-electron chi connectivity index (χ2n) is 7.54. The van der Waals surface area contributed by atoms with E-state index in [9.17, 15) is 4.79 Å². The molecule has 0 amide bonds. The number of hydrogen-bond donors (Lipinski definition) is 0. The number of fused-ring (bicyclic) bond motifs is 4. The second kappa shape index (κ2) is 6.65. The van der Waals surface area contributed by atoms with Gasteiger partial charge < -0.3 is 4.57 Å². The maximum Gasteiger partial charge on any atom is 0.251 e. The molecule has 0 N–H and O–H groups in total. The Kier molecular flexibility index (Phi) is 4.13. The summed E-state index contributed by atoms with van der Waals surface area (Å²) in [7, 11) is 0. The van der Waals surface area contributed by atoms with Gasteiger partial charge in [-0.1, -0.05) is 6.07 Å².